The molecule has 1 heterocycles. The van der Waals surface area contributed by atoms with E-state index in [1.54, 1.807) is 18.2 Å². The van der Waals surface area contributed by atoms with Gasteiger partial charge < -0.3 is 9.64 Å². The van der Waals surface area contributed by atoms with Gasteiger partial charge in [-0.3, -0.25) is 4.79 Å². The molecule has 1 amide bonds. The maximum Gasteiger partial charge on any atom is 0.225 e. The molecule has 1 saturated carbocycles. The lowest BCUT2D eigenvalue weighted by Gasteiger charge is -2.33. The van der Waals surface area contributed by atoms with E-state index in [9.17, 15) is 9.18 Å². The first-order valence-electron chi connectivity index (χ1n) is 8.61. The minimum atomic E-state index is -0.377. The fourth-order valence-electron chi connectivity index (χ4n) is 3.46. The second-order valence-corrected chi connectivity index (χ2v) is 6.33. The summed E-state index contributed by atoms with van der Waals surface area (Å²) in [6.07, 6.45) is 2.69. The highest BCUT2D eigenvalue weighted by Crippen LogP contribution is 2.27. The molecule has 132 valence electrons. The van der Waals surface area contributed by atoms with Gasteiger partial charge in [0.25, 0.3) is 0 Å². The smallest absolute Gasteiger partial charge is 0.225 e. The van der Waals surface area contributed by atoms with Crippen LogP contribution in [0.4, 0.5) is 4.39 Å². The number of likely N-dealkylation sites (N-methyl/N-ethyl adjacent to an activating group) is 1. The van der Waals surface area contributed by atoms with E-state index in [-0.39, 0.29) is 23.4 Å². The fraction of sp³-hybridized carbons (Fsp3) is 0.588. The van der Waals surface area contributed by atoms with Crippen LogP contribution >= 0.6 is 0 Å². The van der Waals surface area contributed by atoms with Gasteiger partial charge in [-0.2, -0.15) is 5.53 Å². The van der Waals surface area contributed by atoms with Gasteiger partial charge in [0.05, 0.1) is 6.54 Å². The monoisotopic (exact) mass is 336 g/mol. The maximum atomic E-state index is 13.5. The Morgan fingerprint density at radius 1 is 1.29 bits per heavy atom. The van der Waals surface area contributed by atoms with Crippen LogP contribution in [-0.4, -0.2) is 42.6 Å². The van der Waals surface area contributed by atoms with Gasteiger partial charge in [-0.25, -0.2) is 15.2 Å². The van der Waals surface area contributed by atoms with Crippen LogP contribution in [0.5, 0.6) is 5.75 Å². The van der Waals surface area contributed by atoms with E-state index in [1.165, 1.54) is 6.07 Å². The van der Waals surface area contributed by atoms with Crippen molar-refractivity contribution in [2.75, 3.05) is 19.7 Å². The molecule has 3 N–H and O–H groups in total. The Labute approximate surface area is 141 Å². The van der Waals surface area contributed by atoms with Crippen molar-refractivity contribution in [3.63, 3.8) is 0 Å². The summed E-state index contributed by atoms with van der Waals surface area (Å²) in [7, 11) is 0. The predicted molar refractivity (Wildman–Crippen MR) is 88.5 cm³/mol. The van der Waals surface area contributed by atoms with Gasteiger partial charge in [-0.15, -0.1) is 0 Å². The van der Waals surface area contributed by atoms with Crippen molar-refractivity contribution in [1.29, 1.82) is 0 Å². The van der Waals surface area contributed by atoms with Gasteiger partial charge in [0, 0.05) is 24.5 Å². The Morgan fingerprint density at radius 3 is 2.88 bits per heavy atom. The Bertz CT molecular complexity index is 571. The van der Waals surface area contributed by atoms with Crippen molar-refractivity contribution < 1.29 is 13.9 Å². The van der Waals surface area contributed by atoms with Crippen LogP contribution < -0.4 is 21.1 Å². The molecule has 1 saturated heterocycles. The molecule has 1 aliphatic heterocycles. The number of fused-ring (bicyclic) bond motifs is 1. The second kappa shape index (κ2) is 7.92. The molecule has 0 aromatic heterocycles. The first kappa shape index (κ1) is 17.1. The number of halogens is 1. The quantitative estimate of drug-likeness (QED) is 0.729. The Kier molecular flexibility index (Phi) is 5.65. The molecule has 7 heteroatoms. The van der Waals surface area contributed by atoms with E-state index >= 15 is 0 Å². The van der Waals surface area contributed by atoms with Gasteiger partial charge in [-0.1, -0.05) is 12.1 Å². The van der Waals surface area contributed by atoms with E-state index in [0.717, 1.165) is 19.3 Å². The third kappa shape index (κ3) is 3.85. The van der Waals surface area contributed by atoms with Crippen LogP contribution in [0.2, 0.25) is 0 Å². The lowest BCUT2D eigenvalue weighted by Crippen LogP contribution is -2.46. The van der Waals surface area contributed by atoms with Crippen LogP contribution in [0.15, 0.2) is 24.3 Å². The first-order chi connectivity index (χ1) is 11.7. The van der Waals surface area contributed by atoms with Gasteiger partial charge >= 0.3 is 0 Å². The largest absolute Gasteiger partial charge is 0.489 e. The third-order valence-corrected chi connectivity index (χ3v) is 4.86. The lowest BCUT2D eigenvalue weighted by atomic mass is 9.82. The molecule has 2 aliphatic rings. The minimum Gasteiger partial charge on any atom is -0.489 e. The standard InChI is InChI=1S/C17H25FN4O2/c1-2-22(9-10-24-16-6-4-3-5-13(16)18)17(23)12-7-8-14-15(11-12)20-21-19-14/h3-6,12,14-15,19-21H,2,7-11H2,1H3. The minimum absolute atomic E-state index is 0.0360. The van der Waals surface area contributed by atoms with Crippen molar-refractivity contribution >= 4 is 5.91 Å². The number of ether oxygens (including phenoxy) is 1. The van der Waals surface area contributed by atoms with E-state index in [0.29, 0.717) is 31.8 Å². The molecule has 3 rings (SSSR count). The summed E-state index contributed by atoms with van der Waals surface area (Å²) >= 11 is 0. The van der Waals surface area contributed by atoms with E-state index < -0.39 is 0 Å². The number of rotatable bonds is 6. The predicted octanol–water partition coefficient (Wildman–Crippen LogP) is 1.20. The lowest BCUT2D eigenvalue weighted by molar-refractivity contribution is -0.137. The zero-order valence-electron chi connectivity index (χ0n) is 13.9. The Hall–Kier alpha value is -1.70. The zero-order valence-corrected chi connectivity index (χ0v) is 13.9. The topological polar surface area (TPSA) is 65.6 Å². The second-order valence-electron chi connectivity index (χ2n) is 6.33. The SMILES string of the molecule is CCN(CCOc1ccccc1F)C(=O)C1CCC2NNNC2C1. The Morgan fingerprint density at radius 2 is 2.08 bits per heavy atom. The average Bonchev–Trinajstić information content (AvgIpc) is 3.07. The molecule has 1 aromatic carbocycles. The molecule has 1 aromatic rings. The highest BCUT2D eigenvalue weighted by atomic mass is 19.1. The molecular formula is C17H25FN4O2. The van der Waals surface area contributed by atoms with Crippen LogP contribution in [0.1, 0.15) is 26.2 Å². The number of para-hydroxylation sites is 1. The highest BCUT2D eigenvalue weighted by molar-refractivity contribution is 5.79. The van der Waals surface area contributed by atoms with Gasteiger partial charge in [0.1, 0.15) is 6.61 Å². The fourth-order valence-corrected chi connectivity index (χ4v) is 3.46. The van der Waals surface area contributed by atoms with Crippen LogP contribution in [0.25, 0.3) is 0 Å². The molecule has 0 spiro atoms. The third-order valence-electron chi connectivity index (χ3n) is 4.86. The van der Waals surface area contributed by atoms with Crippen LogP contribution in [0, 0.1) is 11.7 Å². The Balaban J connectivity index is 1.50. The highest BCUT2D eigenvalue weighted by Gasteiger charge is 2.37. The number of hydrogen-bond donors (Lipinski definition) is 3. The molecule has 2 fully saturated rings. The normalized spacial score (nSPS) is 26.0. The molecule has 1 aliphatic carbocycles. The summed E-state index contributed by atoms with van der Waals surface area (Å²) in [4.78, 5) is 14.6. The van der Waals surface area contributed by atoms with Crippen molar-refractivity contribution in [2.24, 2.45) is 5.92 Å². The number of benzene rings is 1. The van der Waals surface area contributed by atoms with Crippen molar-refractivity contribution in [3.05, 3.63) is 30.1 Å². The van der Waals surface area contributed by atoms with E-state index in [1.807, 2.05) is 11.8 Å². The van der Waals surface area contributed by atoms with Crippen molar-refractivity contribution in [2.45, 2.75) is 38.3 Å². The number of nitrogens with one attached hydrogen (secondary N) is 3. The number of nitrogens with zero attached hydrogens (tertiary/aromatic N) is 1. The zero-order chi connectivity index (χ0) is 16.9. The van der Waals surface area contributed by atoms with Crippen molar-refractivity contribution in [1.82, 2.24) is 21.3 Å². The molecule has 0 radical (unpaired) electrons. The average molecular weight is 336 g/mol. The number of carbonyl (C=O) groups excluding carboxylic acids is 1. The van der Waals surface area contributed by atoms with Crippen LogP contribution in [-0.2, 0) is 4.79 Å². The molecule has 6 nitrogen and oxygen atoms in total. The van der Waals surface area contributed by atoms with Gasteiger partial charge in [-0.05, 0) is 38.3 Å². The van der Waals surface area contributed by atoms with Gasteiger partial charge in [0.15, 0.2) is 11.6 Å². The number of hydrogen-bond acceptors (Lipinski definition) is 5. The maximum absolute atomic E-state index is 13.5. The molecule has 3 unspecified atom stereocenters. The summed E-state index contributed by atoms with van der Waals surface area (Å²) in [5.74, 6) is 0.0574. The van der Waals surface area contributed by atoms with E-state index in [4.69, 9.17) is 4.74 Å². The first-order valence-corrected chi connectivity index (χ1v) is 8.61. The summed E-state index contributed by atoms with van der Waals surface area (Å²) in [5.41, 5.74) is 9.29. The van der Waals surface area contributed by atoms with Crippen molar-refractivity contribution in [3.8, 4) is 5.75 Å². The van der Waals surface area contributed by atoms with E-state index in [2.05, 4.69) is 16.4 Å². The molecule has 24 heavy (non-hydrogen) atoms. The number of carbonyl (C=O) groups is 1. The molecule has 3 atom stereocenters. The van der Waals surface area contributed by atoms with Gasteiger partial charge in [0.2, 0.25) is 5.91 Å². The summed E-state index contributed by atoms with van der Waals surface area (Å²) < 4.78 is 19.0. The van der Waals surface area contributed by atoms with Crippen LogP contribution in [0.3, 0.4) is 0 Å². The molecular weight excluding hydrogens is 311 g/mol. The number of hydrazine groups is 2. The molecule has 0 bridgehead atoms. The summed E-state index contributed by atoms with van der Waals surface area (Å²) in [5, 5.41) is 0. The summed E-state index contributed by atoms with van der Waals surface area (Å²) in [6, 6.07) is 7.01. The number of amides is 1. The summed E-state index contributed by atoms with van der Waals surface area (Å²) in [6.45, 7) is 3.36.